The molecule has 3 rings (SSSR count). The number of nitrogens with zero attached hydrogens (tertiary/aromatic N) is 1. The molecule has 0 aliphatic carbocycles. The second kappa shape index (κ2) is 7.79. The Morgan fingerprint density at radius 2 is 1.96 bits per heavy atom. The van der Waals surface area contributed by atoms with E-state index in [2.05, 4.69) is 5.32 Å². The number of alkyl halides is 3. The van der Waals surface area contributed by atoms with Gasteiger partial charge in [0.1, 0.15) is 11.9 Å². The number of rotatable bonds is 5. The van der Waals surface area contributed by atoms with Gasteiger partial charge in [-0.25, -0.2) is 4.79 Å². The number of hydrogen-bond acceptors (Lipinski definition) is 4. The number of methoxy groups -OCH3 is 1. The van der Waals surface area contributed by atoms with Gasteiger partial charge in [0.2, 0.25) is 0 Å². The van der Waals surface area contributed by atoms with Gasteiger partial charge in [0, 0.05) is 11.3 Å². The van der Waals surface area contributed by atoms with Gasteiger partial charge in [-0.05, 0) is 42.5 Å². The van der Waals surface area contributed by atoms with E-state index in [0.29, 0.717) is 11.4 Å². The van der Waals surface area contributed by atoms with E-state index >= 15 is 0 Å². The molecule has 148 valence electrons. The molecule has 2 aromatic carbocycles. The minimum atomic E-state index is -4.53. The lowest BCUT2D eigenvalue weighted by atomic mass is 10.1. The summed E-state index contributed by atoms with van der Waals surface area (Å²) < 4.78 is 48.5. The molecule has 1 aliphatic rings. The van der Waals surface area contributed by atoms with Crippen molar-refractivity contribution in [2.75, 3.05) is 25.1 Å². The Balaban J connectivity index is 1.59. The Morgan fingerprint density at radius 3 is 2.61 bits per heavy atom. The van der Waals surface area contributed by atoms with Gasteiger partial charge in [-0.1, -0.05) is 6.07 Å². The lowest BCUT2D eigenvalue weighted by Crippen LogP contribution is -2.34. The quantitative estimate of drug-likeness (QED) is 0.843. The number of anilines is 1. The number of hydrogen-bond donors (Lipinski definition) is 1. The fourth-order valence-electron chi connectivity index (χ4n) is 2.75. The van der Waals surface area contributed by atoms with Crippen LogP contribution >= 0.6 is 0 Å². The molecule has 0 bridgehead atoms. The van der Waals surface area contributed by atoms with Crippen molar-refractivity contribution in [1.82, 2.24) is 5.32 Å². The summed E-state index contributed by atoms with van der Waals surface area (Å²) in [6.07, 6.45) is -5.72. The predicted octanol–water partition coefficient (Wildman–Crippen LogP) is 3.47. The topological polar surface area (TPSA) is 67.9 Å². The molecule has 28 heavy (non-hydrogen) atoms. The molecule has 6 nitrogen and oxygen atoms in total. The second-order valence-electron chi connectivity index (χ2n) is 6.10. The molecule has 1 atom stereocenters. The molecule has 9 heteroatoms. The van der Waals surface area contributed by atoms with Crippen LogP contribution < -0.4 is 15.0 Å². The van der Waals surface area contributed by atoms with Crippen LogP contribution in [0.3, 0.4) is 0 Å². The molecular formula is C19H17F3N2O4. The third kappa shape index (κ3) is 4.36. The van der Waals surface area contributed by atoms with E-state index in [1.165, 1.54) is 24.1 Å². The minimum absolute atomic E-state index is 0.0204. The van der Waals surface area contributed by atoms with E-state index < -0.39 is 29.8 Å². The van der Waals surface area contributed by atoms with Crippen molar-refractivity contribution in [3.05, 3.63) is 59.7 Å². The van der Waals surface area contributed by atoms with E-state index in [-0.39, 0.29) is 18.7 Å². The largest absolute Gasteiger partial charge is 0.497 e. The van der Waals surface area contributed by atoms with Crippen molar-refractivity contribution >= 4 is 17.7 Å². The Bertz CT molecular complexity index is 868. The summed E-state index contributed by atoms with van der Waals surface area (Å²) in [5, 5.41) is 2.50. The predicted molar refractivity (Wildman–Crippen MR) is 94.4 cm³/mol. The summed E-state index contributed by atoms with van der Waals surface area (Å²) in [6.45, 7) is 0.182. The van der Waals surface area contributed by atoms with E-state index in [0.717, 1.165) is 12.1 Å². The maximum atomic E-state index is 12.8. The highest BCUT2D eigenvalue weighted by molar-refractivity contribution is 5.94. The number of benzene rings is 2. The first-order valence-electron chi connectivity index (χ1n) is 8.35. The van der Waals surface area contributed by atoms with Crippen molar-refractivity contribution < 1.29 is 32.2 Å². The zero-order valence-corrected chi connectivity index (χ0v) is 14.8. The Hall–Kier alpha value is -3.23. The van der Waals surface area contributed by atoms with E-state index in [4.69, 9.17) is 9.47 Å². The number of cyclic esters (lactones) is 1. The van der Waals surface area contributed by atoms with Crippen LogP contribution in [0.1, 0.15) is 15.9 Å². The number of amides is 2. The fraction of sp³-hybridized carbons (Fsp3) is 0.263. The van der Waals surface area contributed by atoms with E-state index in [1.54, 1.807) is 24.3 Å². The molecule has 1 aliphatic heterocycles. The van der Waals surface area contributed by atoms with Crippen LogP contribution in [0.2, 0.25) is 0 Å². The molecule has 2 amide bonds. The SMILES string of the molecule is COc1ccc(N2CC(CNC(=O)c3cccc(C(F)(F)F)c3)OC2=O)cc1. The van der Waals surface area contributed by atoms with Crippen molar-refractivity contribution in [2.45, 2.75) is 12.3 Å². The van der Waals surface area contributed by atoms with Gasteiger partial charge in [0.25, 0.3) is 5.91 Å². The van der Waals surface area contributed by atoms with E-state index in [1.807, 2.05) is 0 Å². The smallest absolute Gasteiger partial charge is 0.416 e. The lowest BCUT2D eigenvalue weighted by molar-refractivity contribution is -0.137. The summed E-state index contributed by atoms with van der Waals surface area (Å²) in [4.78, 5) is 25.6. The van der Waals surface area contributed by atoms with Gasteiger partial charge in [0.05, 0.1) is 25.8 Å². The third-order valence-corrected chi connectivity index (χ3v) is 4.20. The molecular weight excluding hydrogens is 377 g/mol. The molecule has 1 N–H and O–H groups in total. The van der Waals surface area contributed by atoms with Gasteiger partial charge < -0.3 is 14.8 Å². The van der Waals surface area contributed by atoms with Crippen LogP contribution in [0.4, 0.5) is 23.7 Å². The standard InChI is InChI=1S/C19H17F3N2O4/c1-27-15-7-5-14(6-8-15)24-11-16(28-18(24)26)10-23-17(25)12-3-2-4-13(9-12)19(20,21)22/h2-9,16H,10-11H2,1H3,(H,23,25). The van der Waals surface area contributed by atoms with Crippen molar-refractivity contribution in [3.63, 3.8) is 0 Å². The summed E-state index contributed by atoms with van der Waals surface area (Å²) in [7, 11) is 1.53. The maximum absolute atomic E-state index is 12.8. The van der Waals surface area contributed by atoms with Crippen LogP contribution in [0.25, 0.3) is 0 Å². The first-order chi connectivity index (χ1) is 13.3. The average Bonchev–Trinajstić information content (AvgIpc) is 3.06. The Kier molecular flexibility index (Phi) is 5.43. The van der Waals surface area contributed by atoms with Gasteiger partial charge in [-0.15, -0.1) is 0 Å². The molecule has 0 spiro atoms. The molecule has 1 saturated heterocycles. The maximum Gasteiger partial charge on any atom is 0.416 e. The summed E-state index contributed by atoms with van der Waals surface area (Å²) in [5.41, 5.74) is -0.415. The van der Waals surface area contributed by atoms with Crippen LogP contribution in [0.5, 0.6) is 5.75 Å². The molecule has 0 radical (unpaired) electrons. The van der Waals surface area contributed by atoms with Crippen LogP contribution in [-0.4, -0.2) is 38.3 Å². The van der Waals surface area contributed by atoms with Gasteiger partial charge in [-0.3, -0.25) is 9.69 Å². The summed E-state index contributed by atoms with van der Waals surface area (Å²) >= 11 is 0. The normalized spacial score (nSPS) is 16.6. The number of ether oxygens (including phenoxy) is 2. The van der Waals surface area contributed by atoms with Crippen molar-refractivity contribution in [1.29, 1.82) is 0 Å². The van der Waals surface area contributed by atoms with Gasteiger partial charge in [0.15, 0.2) is 0 Å². The highest BCUT2D eigenvalue weighted by atomic mass is 19.4. The second-order valence-corrected chi connectivity index (χ2v) is 6.10. The van der Waals surface area contributed by atoms with Crippen LogP contribution in [0, 0.1) is 0 Å². The van der Waals surface area contributed by atoms with Crippen LogP contribution in [0.15, 0.2) is 48.5 Å². The zero-order valence-electron chi connectivity index (χ0n) is 14.8. The zero-order chi connectivity index (χ0) is 20.3. The molecule has 2 aromatic rings. The molecule has 1 heterocycles. The number of halogens is 3. The highest BCUT2D eigenvalue weighted by Gasteiger charge is 2.33. The third-order valence-electron chi connectivity index (χ3n) is 4.20. The molecule has 1 fully saturated rings. The molecule has 0 saturated carbocycles. The minimum Gasteiger partial charge on any atom is -0.497 e. The van der Waals surface area contributed by atoms with Crippen molar-refractivity contribution in [2.24, 2.45) is 0 Å². The Morgan fingerprint density at radius 1 is 1.25 bits per heavy atom. The molecule has 0 aromatic heterocycles. The first kappa shape index (κ1) is 19.5. The van der Waals surface area contributed by atoms with Gasteiger partial charge in [-0.2, -0.15) is 13.2 Å². The number of carbonyl (C=O) groups is 2. The highest BCUT2D eigenvalue weighted by Crippen LogP contribution is 2.29. The number of carbonyl (C=O) groups excluding carboxylic acids is 2. The number of nitrogens with one attached hydrogen (secondary N) is 1. The average molecular weight is 394 g/mol. The van der Waals surface area contributed by atoms with Crippen molar-refractivity contribution in [3.8, 4) is 5.75 Å². The van der Waals surface area contributed by atoms with E-state index in [9.17, 15) is 22.8 Å². The van der Waals surface area contributed by atoms with Crippen LogP contribution in [-0.2, 0) is 10.9 Å². The monoisotopic (exact) mass is 394 g/mol. The summed E-state index contributed by atoms with van der Waals surface area (Å²) in [5.74, 6) is -0.0359. The Labute approximate surface area is 158 Å². The van der Waals surface area contributed by atoms with Gasteiger partial charge >= 0.3 is 12.3 Å². The molecule has 1 unspecified atom stereocenters. The first-order valence-corrected chi connectivity index (χ1v) is 8.35. The lowest BCUT2D eigenvalue weighted by Gasteiger charge is -2.14. The fourth-order valence-corrected chi connectivity index (χ4v) is 2.75. The summed E-state index contributed by atoms with van der Waals surface area (Å²) in [6, 6.07) is 10.9.